The fraction of sp³-hybridized carbons (Fsp3) is 0.333. The molecule has 0 aliphatic heterocycles. The van der Waals surface area contributed by atoms with Crippen LogP contribution in [0.25, 0.3) is 11.0 Å². The first kappa shape index (κ1) is 19.4. The van der Waals surface area contributed by atoms with E-state index in [1.54, 1.807) is 37.3 Å². The number of aromatic carboxylic acids is 1. The summed E-state index contributed by atoms with van der Waals surface area (Å²) in [5.74, 6) is -1.09. The van der Waals surface area contributed by atoms with Gasteiger partial charge in [0.25, 0.3) is 10.0 Å². The summed E-state index contributed by atoms with van der Waals surface area (Å²) in [6.45, 7) is 1.74. The summed E-state index contributed by atoms with van der Waals surface area (Å²) in [5, 5.41) is 13.5. The summed E-state index contributed by atoms with van der Waals surface area (Å²) in [6, 6.07) is 8.55. The number of anilines is 1. The molecule has 1 saturated carbocycles. The van der Waals surface area contributed by atoms with Crippen molar-refractivity contribution >= 4 is 32.7 Å². The summed E-state index contributed by atoms with van der Waals surface area (Å²) >= 11 is 0. The Morgan fingerprint density at radius 1 is 1.17 bits per heavy atom. The van der Waals surface area contributed by atoms with Gasteiger partial charge in [-0.25, -0.2) is 22.2 Å². The molecule has 0 bridgehead atoms. The second-order valence-corrected chi connectivity index (χ2v) is 9.23. The number of pyridine rings is 1. The van der Waals surface area contributed by atoms with Crippen molar-refractivity contribution in [3.63, 3.8) is 0 Å². The Hall–Kier alpha value is -2.87. The zero-order chi connectivity index (χ0) is 20.6. The molecule has 0 spiro atoms. The number of hydrogen-bond donors (Lipinski definition) is 2. The van der Waals surface area contributed by atoms with Gasteiger partial charge in [0.2, 0.25) is 0 Å². The molecular formula is C21H23N3O4S. The number of aryl methyl sites for hydroxylation is 1. The molecule has 0 radical (unpaired) electrons. The van der Waals surface area contributed by atoms with Gasteiger partial charge in [-0.3, -0.25) is 0 Å². The minimum atomic E-state index is -3.86. The summed E-state index contributed by atoms with van der Waals surface area (Å²) in [4.78, 5) is 16.2. The SMILES string of the molecule is Cc1ccccc1S(=O)(=O)n1ccc2c(NC3CCCCC3)c(C(=O)O)cnc21. The quantitative estimate of drug-likeness (QED) is 0.655. The summed E-state index contributed by atoms with van der Waals surface area (Å²) in [7, 11) is -3.86. The highest BCUT2D eigenvalue weighted by Crippen LogP contribution is 2.32. The minimum absolute atomic E-state index is 0.0501. The zero-order valence-electron chi connectivity index (χ0n) is 16.1. The number of rotatable bonds is 5. The van der Waals surface area contributed by atoms with Gasteiger partial charge in [0.05, 0.1) is 10.6 Å². The molecular weight excluding hydrogens is 390 g/mol. The number of carboxylic acids is 1. The maximum absolute atomic E-state index is 13.2. The third kappa shape index (κ3) is 3.48. The predicted molar refractivity (Wildman–Crippen MR) is 111 cm³/mol. The van der Waals surface area contributed by atoms with Gasteiger partial charge < -0.3 is 10.4 Å². The lowest BCUT2D eigenvalue weighted by Crippen LogP contribution is -2.24. The van der Waals surface area contributed by atoms with E-state index in [9.17, 15) is 18.3 Å². The Morgan fingerprint density at radius 2 is 1.90 bits per heavy atom. The van der Waals surface area contributed by atoms with Crippen LogP contribution in [-0.2, 0) is 10.0 Å². The van der Waals surface area contributed by atoms with Gasteiger partial charge in [-0.05, 0) is 37.5 Å². The number of carbonyl (C=O) groups is 1. The number of carboxylic acid groups (broad SMARTS) is 1. The molecule has 0 saturated heterocycles. The normalized spacial score (nSPS) is 15.5. The van der Waals surface area contributed by atoms with E-state index in [2.05, 4.69) is 10.3 Å². The topological polar surface area (TPSA) is 101 Å². The van der Waals surface area contributed by atoms with Crippen LogP contribution >= 0.6 is 0 Å². The van der Waals surface area contributed by atoms with Gasteiger partial charge in [0.1, 0.15) is 5.56 Å². The van der Waals surface area contributed by atoms with Crippen LogP contribution in [0, 0.1) is 6.92 Å². The van der Waals surface area contributed by atoms with Crippen LogP contribution in [0.3, 0.4) is 0 Å². The van der Waals surface area contributed by atoms with E-state index in [-0.39, 0.29) is 22.1 Å². The second-order valence-electron chi connectivity index (χ2n) is 7.45. The van der Waals surface area contributed by atoms with Crippen molar-refractivity contribution in [3.8, 4) is 0 Å². The van der Waals surface area contributed by atoms with Crippen molar-refractivity contribution < 1.29 is 18.3 Å². The summed E-state index contributed by atoms with van der Waals surface area (Å²) < 4.78 is 27.6. The molecule has 2 N–H and O–H groups in total. The number of aromatic nitrogens is 2. The molecule has 1 aromatic carbocycles. The third-order valence-electron chi connectivity index (χ3n) is 5.50. The summed E-state index contributed by atoms with van der Waals surface area (Å²) in [6.07, 6.45) is 7.97. The van der Waals surface area contributed by atoms with Gasteiger partial charge in [-0.15, -0.1) is 0 Å². The van der Waals surface area contributed by atoms with E-state index in [4.69, 9.17) is 0 Å². The third-order valence-corrected chi connectivity index (χ3v) is 7.32. The fourth-order valence-electron chi connectivity index (χ4n) is 3.98. The maximum Gasteiger partial charge on any atom is 0.339 e. The standard InChI is InChI=1S/C21H23N3O4S/c1-14-7-5-6-10-18(14)29(27,28)24-12-11-16-19(23-15-8-3-2-4-9-15)17(21(25)26)13-22-20(16)24/h5-7,10-13,15H,2-4,8-9H2,1H3,(H,22,23)(H,25,26). The molecule has 2 heterocycles. The molecule has 8 heteroatoms. The highest BCUT2D eigenvalue weighted by molar-refractivity contribution is 7.90. The van der Waals surface area contributed by atoms with Crippen molar-refractivity contribution in [3.05, 3.63) is 53.9 Å². The molecule has 152 valence electrons. The molecule has 0 unspecified atom stereocenters. The van der Waals surface area contributed by atoms with Crippen molar-refractivity contribution in [2.45, 2.75) is 50.0 Å². The molecule has 29 heavy (non-hydrogen) atoms. The molecule has 4 rings (SSSR count). The first-order valence-corrected chi connectivity index (χ1v) is 11.1. The van der Waals surface area contributed by atoms with Crippen molar-refractivity contribution in [2.75, 3.05) is 5.32 Å². The van der Waals surface area contributed by atoms with Crippen molar-refractivity contribution in [2.24, 2.45) is 0 Å². The number of hydrogen-bond acceptors (Lipinski definition) is 5. The van der Waals surface area contributed by atoms with Crippen molar-refractivity contribution in [1.29, 1.82) is 0 Å². The Balaban J connectivity index is 1.86. The Labute approximate surface area is 169 Å². The molecule has 3 aromatic rings. The monoisotopic (exact) mass is 413 g/mol. The molecule has 2 aromatic heterocycles. The van der Waals surface area contributed by atoms with E-state index in [0.29, 0.717) is 16.6 Å². The molecule has 0 atom stereocenters. The first-order chi connectivity index (χ1) is 13.9. The molecule has 1 aliphatic rings. The molecule has 0 amide bonds. The highest BCUT2D eigenvalue weighted by Gasteiger charge is 2.25. The Bertz CT molecular complexity index is 1180. The summed E-state index contributed by atoms with van der Waals surface area (Å²) in [5.41, 5.74) is 1.34. The zero-order valence-corrected chi connectivity index (χ0v) is 16.9. The first-order valence-electron chi connectivity index (χ1n) is 9.70. The van der Waals surface area contributed by atoms with E-state index < -0.39 is 16.0 Å². The number of nitrogens with zero attached hydrogens (tertiary/aromatic N) is 2. The van der Waals surface area contributed by atoms with Crippen LogP contribution in [0.4, 0.5) is 5.69 Å². The smallest absolute Gasteiger partial charge is 0.339 e. The van der Waals surface area contributed by atoms with Gasteiger partial charge in [-0.2, -0.15) is 0 Å². The lowest BCUT2D eigenvalue weighted by atomic mass is 9.95. The van der Waals surface area contributed by atoms with Crippen LogP contribution < -0.4 is 5.32 Å². The van der Waals surface area contributed by atoms with Crippen LogP contribution in [-0.4, -0.2) is 34.5 Å². The Kier molecular flexibility index (Phi) is 5.04. The average molecular weight is 413 g/mol. The number of fused-ring (bicyclic) bond motifs is 1. The van der Waals surface area contributed by atoms with Crippen LogP contribution in [0.5, 0.6) is 0 Å². The minimum Gasteiger partial charge on any atom is -0.478 e. The molecule has 1 fully saturated rings. The second kappa shape index (κ2) is 7.51. The van der Waals surface area contributed by atoms with Gasteiger partial charge in [0.15, 0.2) is 5.65 Å². The highest BCUT2D eigenvalue weighted by atomic mass is 32.2. The van der Waals surface area contributed by atoms with Gasteiger partial charge in [0, 0.05) is 23.8 Å². The van der Waals surface area contributed by atoms with Crippen LogP contribution in [0.2, 0.25) is 0 Å². The van der Waals surface area contributed by atoms with Crippen molar-refractivity contribution in [1.82, 2.24) is 8.96 Å². The fourth-order valence-corrected chi connectivity index (χ4v) is 5.51. The largest absolute Gasteiger partial charge is 0.478 e. The number of nitrogens with one attached hydrogen (secondary N) is 1. The predicted octanol–water partition coefficient (Wildman–Crippen LogP) is 4.02. The lowest BCUT2D eigenvalue weighted by molar-refractivity contribution is 0.0697. The van der Waals surface area contributed by atoms with E-state index in [1.165, 1.54) is 18.8 Å². The number of benzene rings is 1. The maximum atomic E-state index is 13.2. The Morgan fingerprint density at radius 3 is 2.59 bits per heavy atom. The lowest BCUT2D eigenvalue weighted by Gasteiger charge is -2.25. The molecule has 1 aliphatic carbocycles. The average Bonchev–Trinajstić information content (AvgIpc) is 3.14. The van der Waals surface area contributed by atoms with E-state index in [0.717, 1.165) is 29.7 Å². The van der Waals surface area contributed by atoms with Crippen LogP contribution in [0.15, 0.2) is 47.6 Å². The van der Waals surface area contributed by atoms with Crippen LogP contribution in [0.1, 0.15) is 48.0 Å². The van der Waals surface area contributed by atoms with E-state index in [1.807, 2.05) is 0 Å². The molecule has 7 nitrogen and oxygen atoms in total. The van der Waals surface area contributed by atoms with E-state index >= 15 is 0 Å². The van der Waals surface area contributed by atoms with Gasteiger partial charge >= 0.3 is 5.97 Å². The van der Waals surface area contributed by atoms with Gasteiger partial charge in [-0.1, -0.05) is 37.5 Å².